The van der Waals surface area contributed by atoms with Crippen LogP contribution in [0, 0.1) is 11.5 Å². The predicted octanol–water partition coefficient (Wildman–Crippen LogP) is 1.09. The van der Waals surface area contributed by atoms with Crippen molar-refractivity contribution in [2.24, 2.45) is 0 Å². The Morgan fingerprint density at radius 1 is 1.35 bits per heavy atom. The lowest BCUT2D eigenvalue weighted by molar-refractivity contribution is -0.137. The summed E-state index contributed by atoms with van der Waals surface area (Å²) >= 11 is 0. The first-order valence-electron chi connectivity index (χ1n) is 6.80. The highest BCUT2D eigenvalue weighted by atomic mass is 16.5. The van der Waals surface area contributed by atoms with Crippen LogP contribution in [0.1, 0.15) is 18.4 Å². The number of amides is 2. The average Bonchev–Trinajstić information content (AvgIpc) is 2.56. The summed E-state index contributed by atoms with van der Waals surface area (Å²) in [5.41, 5.74) is 0.769. The first-order valence-corrected chi connectivity index (χ1v) is 6.80. The van der Waals surface area contributed by atoms with Crippen molar-refractivity contribution in [3.05, 3.63) is 35.9 Å². The maximum atomic E-state index is 11.9. The van der Waals surface area contributed by atoms with Crippen molar-refractivity contribution >= 4 is 18.0 Å². The Labute approximate surface area is 133 Å². The van der Waals surface area contributed by atoms with Gasteiger partial charge in [0, 0.05) is 13.5 Å². The molecule has 23 heavy (non-hydrogen) atoms. The number of hydrogen-bond donors (Lipinski definition) is 2. The van der Waals surface area contributed by atoms with E-state index in [4.69, 9.17) is 15.1 Å². The molecule has 0 aliphatic carbocycles. The number of aliphatic carboxylic acids is 1. The van der Waals surface area contributed by atoms with Gasteiger partial charge in [0.2, 0.25) is 0 Å². The molecule has 1 aromatic rings. The Hall–Kier alpha value is -3.08. The fourth-order valence-corrected chi connectivity index (χ4v) is 1.72. The lowest BCUT2D eigenvalue weighted by Gasteiger charge is -2.19. The number of nitrogens with zero attached hydrogens (tertiary/aromatic N) is 2. The zero-order valence-corrected chi connectivity index (χ0v) is 12.6. The monoisotopic (exact) mass is 319 g/mol. The summed E-state index contributed by atoms with van der Waals surface area (Å²) in [5, 5.41) is 19.7. The van der Waals surface area contributed by atoms with E-state index < -0.39 is 24.0 Å². The van der Waals surface area contributed by atoms with Crippen LogP contribution in [-0.4, -0.2) is 41.1 Å². The smallest absolute Gasteiger partial charge is 0.408 e. The lowest BCUT2D eigenvalue weighted by Crippen LogP contribution is -2.46. The average molecular weight is 319 g/mol. The molecule has 0 unspecified atom stereocenters. The van der Waals surface area contributed by atoms with Gasteiger partial charge in [0.15, 0.2) is 6.19 Å². The molecule has 8 heteroatoms. The highest BCUT2D eigenvalue weighted by molar-refractivity contribution is 5.87. The number of ether oxygens (including phenoxy) is 1. The Balaban J connectivity index is 2.60. The van der Waals surface area contributed by atoms with Crippen LogP contribution in [0.4, 0.5) is 4.79 Å². The van der Waals surface area contributed by atoms with Crippen molar-refractivity contribution in [1.29, 1.82) is 5.26 Å². The fourth-order valence-electron chi connectivity index (χ4n) is 1.72. The van der Waals surface area contributed by atoms with Crippen LogP contribution in [-0.2, 0) is 20.9 Å². The number of carbonyl (C=O) groups excluding carboxylic acids is 2. The first-order chi connectivity index (χ1) is 10.9. The molecule has 122 valence electrons. The maximum absolute atomic E-state index is 11.9. The molecule has 2 N–H and O–H groups in total. The van der Waals surface area contributed by atoms with Crippen LogP contribution in [0.2, 0.25) is 0 Å². The topological polar surface area (TPSA) is 120 Å². The van der Waals surface area contributed by atoms with E-state index in [1.165, 1.54) is 7.05 Å². The molecular formula is C15H17N3O5. The van der Waals surface area contributed by atoms with Crippen LogP contribution in [0.3, 0.4) is 0 Å². The summed E-state index contributed by atoms with van der Waals surface area (Å²) in [6.45, 7) is 0.0145. The molecule has 0 fully saturated rings. The van der Waals surface area contributed by atoms with E-state index in [2.05, 4.69) is 5.32 Å². The number of likely N-dealkylation sites (N-methyl/N-ethyl adjacent to an activating group) is 1. The number of hydrogen-bond acceptors (Lipinski definition) is 5. The van der Waals surface area contributed by atoms with Crippen molar-refractivity contribution in [2.45, 2.75) is 25.5 Å². The van der Waals surface area contributed by atoms with Crippen LogP contribution in [0.25, 0.3) is 0 Å². The van der Waals surface area contributed by atoms with Gasteiger partial charge >= 0.3 is 12.1 Å². The standard InChI is InChI=1S/C15H17N3O5/c1-18(10-16)14(21)12(7-8-13(19)20)17-15(22)23-9-11-5-3-2-4-6-11/h2-6,12H,7-9H2,1H3,(H,17,22)(H,19,20)/t12-/m0/s1. The molecule has 0 spiro atoms. The zero-order valence-electron chi connectivity index (χ0n) is 12.6. The molecule has 0 aromatic heterocycles. The van der Waals surface area contributed by atoms with Crippen molar-refractivity contribution < 1.29 is 24.2 Å². The lowest BCUT2D eigenvalue weighted by atomic mass is 10.1. The summed E-state index contributed by atoms with van der Waals surface area (Å²) in [6.07, 6.45) is 0.288. The van der Waals surface area contributed by atoms with Gasteiger partial charge in [-0.05, 0) is 12.0 Å². The number of carboxylic acids is 1. The third kappa shape index (κ3) is 6.48. The summed E-state index contributed by atoms with van der Waals surface area (Å²) in [4.78, 5) is 35.0. The molecule has 2 amide bonds. The quantitative estimate of drug-likeness (QED) is 0.573. The van der Waals surface area contributed by atoms with Gasteiger partial charge in [-0.15, -0.1) is 0 Å². The van der Waals surface area contributed by atoms with E-state index in [0.29, 0.717) is 0 Å². The molecule has 0 bridgehead atoms. The van der Waals surface area contributed by atoms with E-state index in [9.17, 15) is 14.4 Å². The number of nitrogens with one attached hydrogen (secondary N) is 1. The van der Waals surface area contributed by atoms with Crippen LogP contribution < -0.4 is 5.32 Å². The van der Waals surface area contributed by atoms with Crippen molar-refractivity contribution in [1.82, 2.24) is 10.2 Å². The molecule has 0 aliphatic heterocycles. The molecule has 0 aliphatic rings. The van der Waals surface area contributed by atoms with Crippen LogP contribution in [0.15, 0.2) is 30.3 Å². The number of nitriles is 1. The van der Waals surface area contributed by atoms with Crippen molar-refractivity contribution in [3.63, 3.8) is 0 Å². The predicted molar refractivity (Wildman–Crippen MR) is 78.8 cm³/mol. The second kappa shape index (κ2) is 9.04. The first kappa shape index (κ1) is 18.0. The van der Waals surface area contributed by atoms with Gasteiger partial charge in [0.25, 0.3) is 5.91 Å². The minimum atomic E-state index is -1.14. The minimum Gasteiger partial charge on any atom is -0.481 e. The third-order valence-corrected chi connectivity index (χ3v) is 2.93. The molecule has 1 atom stereocenters. The Bertz CT molecular complexity index is 597. The van der Waals surface area contributed by atoms with Crippen molar-refractivity contribution in [2.75, 3.05) is 7.05 Å². The zero-order chi connectivity index (χ0) is 17.2. The summed E-state index contributed by atoms with van der Waals surface area (Å²) in [6, 6.07) is 7.80. The minimum absolute atomic E-state index is 0.0145. The normalized spacial score (nSPS) is 11.0. The van der Waals surface area contributed by atoms with Gasteiger partial charge in [-0.3, -0.25) is 14.5 Å². The van der Waals surface area contributed by atoms with Crippen LogP contribution >= 0.6 is 0 Å². The molecule has 0 saturated carbocycles. The van der Waals surface area contributed by atoms with E-state index in [1.54, 1.807) is 30.5 Å². The fraction of sp³-hybridized carbons (Fsp3) is 0.333. The molecule has 0 radical (unpaired) electrons. The summed E-state index contributed by atoms with van der Waals surface area (Å²) in [7, 11) is 1.23. The van der Waals surface area contributed by atoms with Gasteiger partial charge in [0.1, 0.15) is 12.6 Å². The molecule has 0 saturated heterocycles. The van der Waals surface area contributed by atoms with Crippen molar-refractivity contribution in [3.8, 4) is 6.19 Å². The van der Waals surface area contributed by atoms with E-state index in [1.807, 2.05) is 6.07 Å². The third-order valence-electron chi connectivity index (χ3n) is 2.93. The van der Waals surface area contributed by atoms with Crippen LogP contribution in [0.5, 0.6) is 0 Å². The number of benzene rings is 1. The Kier molecular flexibility index (Phi) is 7.07. The van der Waals surface area contributed by atoms with Gasteiger partial charge < -0.3 is 15.2 Å². The van der Waals surface area contributed by atoms with Gasteiger partial charge in [0.05, 0.1) is 0 Å². The second-order valence-electron chi connectivity index (χ2n) is 4.69. The van der Waals surface area contributed by atoms with E-state index in [0.717, 1.165) is 10.5 Å². The van der Waals surface area contributed by atoms with E-state index >= 15 is 0 Å². The highest BCUT2D eigenvalue weighted by Crippen LogP contribution is 2.04. The Morgan fingerprint density at radius 3 is 2.57 bits per heavy atom. The maximum Gasteiger partial charge on any atom is 0.408 e. The van der Waals surface area contributed by atoms with Gasteiger partial charge in [-0.1, -0.05) is 30.3 Å². The largest absolute Gasteiger partial charge is 0.481 e. The van der Waals surface area contributed by atoms with E-state index in [-0.39, 0.29) is 19.4 Å². The number of carboxylic acid groups (broad SMARTS) is 1. The molecular weight excluding hydrogens is 302 g/mol. The number of rotatable bonds is 7. The molecule has 1 rings (SSSR count). The SMILES string of the molecule is CN(C#N)C(=O)[C@H](CCC(=O)O)NC(=O)OCc1ccccc1. The molecule has 1 aromatic carbocycles. The van der Waals surface area contributed by atoms with Gasteiger partial charge in [-0.2, -0.15) is 5.26 Å². The summed E-state index contributed by atoms with van der Waals surface area (Å²) < 4.78 is 4.98. The molecule has 0 heterocycles. The second-order valence-corrected chi connectivity index (χ2v) is 4.69. The molecule has 8 nitrogen and oxygen atoms in total. The highest BCUT2D eigenvalue weighted by Gasteiger charge is 2.25. The number of alkyl carbamates (subject to hydrolysis) is 1. The number of carbonyl (C=O) groups is 3. The summed E-state index contributed by atoms with van der Waals surface area (Å²) in [5.74, 6) is -1.81. The Morgan fingerprint density at radius 2 is 2.00 bits per heavy atom. The van der Waals surface area contributed by atoms with Gasteiger partial charge in [-0.25, -0.2) is 4.79 Å².